The molecule has 2 amide bonds. The maximum Gasteiger partial charge on any atom is 0.217 e. The Morgan fingerprint density at radius 1 is 0.900 bits per heavy atom. The highest BCUT2D eigenvalue weighted by Gasteiger charge is 1.88. The number of hydrogen-bond acceptors (Lipinski definition) is 6. The summed E-state index contributed by atoms with van der Waals surface area (Å²) in [4.78, 5) is 19.3. The molecule has 0 spiro atoms. The molecular weight excluding hydrogens is 212 g/mol. The Labute approximate surface area is 73.5 Å². The van der Waals surface area contributed by atoms with Crippen molar-refractivity contribution in [3.63, 3.8) is 0 Å². The summed E-state index contributed by atoms with van der Waals surface area (Å²) in [7, 11) is 5.08. The largest absolute Gasteiger partial charge is 0.293 e. The van der Waals surface area contributed by atoms with Gasteiger partial charge in [-0.2, -0.15) is 0 Å². The molecule has 0 fully saturated rings. The highest BCUT2D eigenvalue weighted by Crippen LogP contribution is 2.39. The lowest BCUT2D eigenvalue weighted by Crippen LogP contribution is -1.94. The maximum atomic E-state index is 9.66. The van der Waals surface area contributed by atoms with Crippen LogP contribution >= 0.6 is 41.6 Å². The van der Waals surface area contributed by atoms with Crippen LogP contribution < -0.4 is 9.44 Å². The molecule has 0 atom stereocenters. The number of hydrogen-bond donors (Lipinski definition) is 2. The quantitative estimate of drug-likeness (QED) is 0.286. The molecule has 0 radical (unpaired) electrons. The van der Waals surface area contributed by atoms with E-state index in [-0.39, 0.29) is 0 Å². The molecule has 0 aliphatic heterocycles. The third-order valence-corrected chi connectivity index (χ3v) is 5.24. The third kappa shape index (κ3) is 8.34. The summed E-state index contributed by atoms with van der Waals surface area (Å²) in [6.45, 7) is 0. The SMILES string of the molecule is O=CNSSSSNC=O. The Bertz CT molecular complexity index is 89.3. The Hall–Kier alpha value is 0.340. The highest BCUT2D eigenvalue weighted by molar-refractivity contribution is 9.25. The number of nitrogens with one attached hydrogen (secondary N) is 2. The maximum absolute atomic E-state index is 9.66. The van der Waals surface area contributed by atoms with Gasteiger partial charge in [0.05, 0.1) is 0 Å². The average Bonchev–Trinajstić information content (AvgIpc) is 1.97. The van der Waals surface area contributed by atoms with Gasteiger partial charge in [-0.15, -0.1) is 0 Å². The Morgan fingerprint density at radius 2 is 1.30 bits per heavy atom. The van der Waals surface area contributed by atoms with Crippen LogP contribution in [0.3, 0.4) is 0 Å². The first-order valence-electron chi connectivity index (χ1n) is 1.96. The van der Waals surface area contributed by atoms with Crippen molar-refractivity contribution in [1.29, 1.82) is 0 Å². The summed E-state index contributed by atoms with van der Waals surface area (Å²) in [5, 5.41) is 0. The molecule has 0 rings (SSSR count). The smallest absolute Gasteiger partial charge is 0.217 e. The van der Waals surface area contributed by atoms with E-state index in [4.69, 9.17) is 0 Å². The number of rotatable bonds is 7. The molecule has 0 aromatic carbocycles. The summed E-state index contributed by atoms with van der Waals surface area (Å²) < 4.78 is 4.75. The van der Waals surface area contributed by atoms with Crippen LogP contribution in [-0.4, -0.2) is 12.8 Å². The highest BCUT2D eigenvalue weighted by atomic mass is 33.7. The van der Waals surface area contributed by atoms with E-state index in [0.717, 1.165) is 0 Å². The van der Waals surface area contributed by atoms with E-state index in [1.165, 1.54) is 41.6 Å². The molecule has 0 aliphatic rings. The Balaban J connectivity index is 2.76. The van der Waals surface area contributed by atoms with Crippen LogP contribution in [-0.2, 0) is 9.59 Å². The molecule has 4 nitrogen and oxygen atoms in total. The molecule has 8 heteroatoms. The topological polar surface area (TPSA) is 58.2 Å². The first-order chi connectivity index (χ1) is 4.91. The van der Waals surface area contributed by atoms with Crippen molar-refractivity contribution in [2.45, 2.75) is 0 Å². The fourth-order valence-electron chi connectivity index (χ4n) is 0.106. The van der Waals surface area contributed by atoms with E-state index in [9.17, 15) is 9.59 Å². The molecule has 0 aromatic heterocycles. The van der Waals surface area contributed by atoms with E-state index >= 15 is 0 Å². The standard InChI is InChI=1S/C2H4N2O2S4/c5-1-3-7-9-10-8-4-2-6/h1-2H,(H,3,5)(H,4,6). The molecule has 0 saturated carbocycles. The lowest BCUT2D eigenvalue weighted by molar-refractivity contribution is -0.108. The molecule has 0 bridgehead atoms. The Morgan fingerprint density at radius 3 is 1.60 bits per heavy atom. The number of amides is 2. The Kier molecular flexibility index (Phi) is 9.66. The summed E-state index contributed by atoms with van der Waals surface area (Å²) in [5.41, 5.74) is 0. The lowest BCUT2D eigenvalue weighted by Gasteiger charge is -1.93. The second kappa shape index (κ2) is 9.34. The summed E-state index contributed by atoms with van der Waals surface area (Å²) in [5.74, 6) is 0. The molecular formula is C2H4N2O2S4. The zero-order chi connectivity index (χ0) is 7.66. The summed E-state index contributed by atoms with van der Waals surface area (Å²) >= 11 is 0. The van der Waals surface area contributed by atoms with E-state index in [2.05, 4.69) is 9.44 Å². The average molecular weight is 216 g/mol. The second-order valence-electron chi connectivity index (χ2n) is 0.774. The van der Waals surface area contributed by atoms with Gasteiger partial charge in [0.1, 0.15) is 0 Å². The van der Waals surface area contributed by atoms with Gasteiger partial charge in [-0.1, -0.05) is 0 Å². The van der Waals surface area contributed by atoms with E-state index in [1.54, 1.807) is 0 Å². The molecule has 0 saturated heterocycles. The molecule has 0 heterocycles. The van der Waals surface area contributed by atoms with Gasteiger partial charge in [0, 0.05) is 41.6 Å². The minimum absolute atomic E-state index is 0.593. The molecule has 0 unspecified atom stereocenters. The first kappa shape index (κ1) is 10.3. The van der Waals surface area contributed by atoms with Crippen molar-refractivity contribution in [3.05, 3.63) is 0 Å². The molecule has 58 valence electrons. The van der Waals surface area contributed by atoms with Gasteiger partial charge in [-0.05, 0) is 0 Å². The predicted molar refractivity (Wildman–Crippen MR) is 48.8 cm³/mol. The fourth-order valence-corrected chi connectivity index (χ4v) is 3.66. The predicted octanol–water partition coefficient (Wildman–Crippen LogP) is 0.986. The second-order valence-corrected chi connectivity index (χ2v) is 6.12. The van der Waals surface area contributed by atoms with Crippen LogP contribution in [0.15, 0.2) is 0 Å². The monoisotopic (exact) mass is 216 g/mol. The van der Waals surface area contributed by atoms with Gasteiger partial charge >= 0.3 is 0 Å². The van der Waals surface area contributed by atoms with Crippen molar-refractivity contribution < 1.29 is 9.59 Å². The van der Waals surface area contributed by atoms with Crippen LogP contribution in [0.5, 0.6) is 0 Å². The zero-order valence-electron chi connectivity index (χ0n) is 4.60. The zero-order valence-corrected chi connectivity index (χ0v) is 7.87. The van der Waals surface area contributed by atoms with Gasteiger partial charge < -0.3 is 0 Å². The lowest BCUT2D eigenvalue weighted by atomic mass is 11.5. The van der Waals surface area contributed by atoms with Crippen LogP contribution in [0.25, 0.3) is 0 Å². The van der Waals surface area contributed by atoms with Gasteiger partial charge in [0.25, 0.3) is 0 Å². The summed E-state index contributed by atoms with van der Waals surface area (Å²) in [6, 6.07) is 0. The molecule has 10 heavy (non-hydrogen) atoms. The van der Waals surface area contributed by atoms with Crippen molar-refractivity contribution in [1.82, 2.24) is 9.44 Å². The van der Waals surface area contributed by atoms with Crippen LogP contribution in [0.2, 0.25) is 0 Å². The van der Waals surface area contributed by atoms with Crippen LogP contribution in [0.1, 0.15) is 0 Å². The van der Waals surface area contributed by atoms with Crippen LogP contribution in [0, 0.1) is 0 Å². The van der Waals surface area contributed by atoms with Gasteiger partial charge in [-0.25, -0.2) is 0 Å². The van der Waals surface area contributed by atoms with Gasteiger partial charge in [0.2, 0.25) is 12.8 Å². The van der Waals surface area contributed by atoms with Crippen molar-refractivity contribution in [2.75, 3.05) is 0 Å². The number of carbonyl (C=O) groups excluding carboxylic acids is 2. The van der Waals surface area contributed by atoms with Crippen LogP contribution in [0.4, 0.5) is 0 Å². The first-order valence-corrected chi connectivity index (χ1v) is 6.77. The van der Waals surface area contributed by atoms with E-state index in [1.807, 2.05) is 0 Å². The third-order valence-electron chi connectivity index (χ3n) is 0.288. The van der Waals surface area contributed by atoms with Gasteiger partial charge in [0.15, 0.2) is 0 Å². The minimum atomic E-state index is 0.593. The van der Waals surface area contributed by atoms with E-state index < -0.39 is 0 Å². The fraction of sp³-hybridized carbons (Fsp3) is 0. The van der Waals surface area contributed by atoms with Crippen molar-refractivity contribution >= 4 is 54.4 Å². The molecule has 0 aromatic rings. The minimum Gasteiger partial charge on any atom is -0.293 e. The summed E-state index contributed by atoms with van der Waals surface area (Å²) in [6.07, 6.45) is 1.19. The number of carbonyl (C=O) groups is 2. The van der Waals surface area contributed by atoms with Crippen molar-refractivity contribution in [2.24, 2.45) is 0 Å². The van der Waals surface area contributed by atoms with Crippen molar-refractivity contribution in [3.8, 4) is 0 Å². The normalized spacial score (nSPS) is 8.40. The molecule has 0 aliphatic carbocycles. The van der Waals surface area contributed by atoms with E-state index in [0.29, 0.717) is 12.8 Å². The van der Waals surface area contributed by atoms with Gasteiger partial charge in [-0.3, -0.25) is 19.0 Å². The molecule has 2 N–H and O–H groups in total.